The van der Waals surface area contributed by atoms with Crippen LogP contribution >= 0.6 is 0 Å². The topological polar surface area (TPSA) is 58.5 Å². The Morgan fingerprint density at radius 2 is 2.00 bits per heavy atom. The summed E-state index contributed by atoms with van der Waals surface area (Å²) in [5.74, 6) is 0.956. The predicted octanol–water partition coefficient (Wildman–Crippen LogP) is 2.80. The number of hydrogen-bond acceptors (Lipinski definition) is 3. The van der Waals surface area contributed by atoms with Crippen molar-refractivity contribution in [3.05, 3.63) is 23.4 Å². The molecule has 0 radical (unpaired) electrons. The normalized spacial score (nSPS) is 12.1. The Hall–Kier alpha value is -1.62. The summed E-state index contributed by atoms with van der Waals surface area (Å²) in [6.45, 7) is 14.3. The summed E-state index contributed by atoms with van der Waals surface area (Å²) in [5, 5.41) is 7.99. The quantitative estimate of drug-likeness (QED) is 0.902. The van der Waals surface area contributed by atoms with E-state index in [1.165, 1.54) is 11.3 Å². The summed E-state index contributed by atoms with van der Waals surface area (Å²) in [4.78, 5) is 7.85. The lowest BCUT2D eigenvalue weighted by molar-refractivity contribution is 0.418. The molecule has 0 spiro atoms. The van der Waals surface area contributed by atoms with E-state index in [1.807, 2.05) is 17.8 Å². The molecule has 2 aromatic rings. The summed E-state index contributed by atoms with van der Waals surface area (Å²) in [7, 11) is 0. The fourth-order valence-electron chi connectivity index (χ4n) is 2.32. The van der Waals surface area contributed by atoms with Gasteiger partial charge in [0.25, 0.3) is 0 Å². The molecule has 2 aromatic heterocycles. The molecule has 0 aliphatic rings. The molecular formula is C15H25N5. The van der Waals surface area contributed by atoms with E-state index in [4.69, 9.17) is 0 Å². The molecule has 0 fully saturated rings. The van der Waals surface area contributed by atoms with E-state index in [-0.39, 0.29) is 5.54 Å². The lowest BCUT2D eigenvalue weighted by Crippen LogP contribution is -2.35. The van der Waals surface area contributed by atoms with Gasteiger partial charge in [0.2, 0.25) is 0 Å². The largest absolute Gasteiger partial charge is 0.341 e. The highest BCUT2D eigenvalue weighted by molar-refractivity contribution is 5.64. The van der Waals surface area contributed by atoms with Gasteiger partial charge in [-0.25, -0.2) is 4.98 Å². The summed E-state index contributed by atoms with van der Waals surface area (Å²) >= 11 is 0. The van der Waals surface area contributed by atoms with Crippen LogP contribution in [0.5, 0.6) is 0 Å². The Morgan fingerprint density at radius 3 is 2.55 bits per heavy atom. The molecule has 0 saturated heterocycles. The zero-order chi connectivity index (χ0) is 14.9. The lowest BCUT2D eigenvalue weighted by Gasteiger charge is -2.19. The monoisotopic (exact) mass is 275 g/mol. The Labute approximate surface area is 120 Å². The zero-order valence-corrected chi connectivity index (χ0v) is 13.3. The van der Waals surface area contributed by atoms with Crippen molar-refractivity contribution < 1.29 is 0 Å². The van der Waals surface area contributed by atoms with Crippen LogP contribution in [0.15, 0.2) is 6.20 Å². The fraction of sp³-hybridized carbons (Fsp3) is 0.600. The highest BCUT2D eigenvalue weighted by Crippen LogP contribution is 2.25. The van der Waals surface area contributed by atoms with Gasteiger partial charge in [-0.15, -0.1) is 0 Å². The minimum absolute atomic E-state index is 0.0892. The van der Waals surface area contributed by atoms with Gasteiger partial charge in [-0.2, -0.15) is 5.10 Å². The van der Waals surface area contributed by atoms with Crippen molar-refractivity contribution in [3.8, 4) is 11.3 Å². The first kappa shape index (κ1) is 14.8. The molecule has 0 amide bonds. The number of imidazole rings is 1. The maximum atomic E-state index is 4.55. The van der Waals surface area contributed by atoms with Gasteiger partial charge in [0.15, 0.2) is 0 Å². The van der Waals surface area contributed by atoms with Crippen molar-refractivity contribution in [2.24, 2.45) is 0 Å². The van der Waals surface area contributed by atoms with Crippen molar-refractivity contribution in [1.82, 2.24) is 25.1 Å². The van der Waals surface area contributed by atoms with Crippen molar-refractivity contribution in [2.75, 3.05) is 0 Å². The SMILES string of the molecule is CCn1nc(C)c(-c2cnc(CNC(C)(C)C)[nH]2)c1C. The molecule has 0 unspecified atom stereocenters. The van der Waals surface area contributed by atoms with Crippen LogP contribution in [0.3, 0.4) is 0 Å². The smallest absolute Gasteiger partial charge is 0.120 e. The molecule has 2 N–H and O–H groups in total. The molecule has 110 valence electrons. The second kappa shape index (κ2) is 5.40. The Morgan fingerprint density at radius 1 is 1.30 bits per heavy atom. The van der Waals surface area contributed by atoms with E-state index in [9.17, 15) is 0 Å². The second-order valence-electron chi connectivity index (χ2n) is 6.21. The number of nitrogens with one attached hydrogen (secondary N) is 2. The summed E-state index contributed by atoms with van der Waals surface area (Å²) < 4.78 is 2.03. The van der Waals surface area contributed by atoms with E-state index in [0.29, 0.717) is 0 Å². The van der Waals surface area contributed by atoms with Gasteiger partial charge in [-0.3, -0.25) is 4.68 Å². The van der Waals surface area contributed by atoms with Crippen LogP contribution in [0, 0.1) is 13.8 Å². The molecule has 0 saturated carbocycles. The number of rotatable bonds is 4. The van der Waals surface area contributed by atoms with Gasteiger partial charge in [-0.05, 0) is 41.5 Å². The minimum Gasteiger partial charge on any atom is -0.341 e. The first-order chi connectivity index (χ1) is 9.31. The molecule has 5 heteroatoms. The first-order valence-corrected chi connectivity index (χ1v) is 7.15. The van der Waals surface area contributed by atoms with E-state index < -0.39 is 0 Å². The van der Waals surface area contributed by atoms with Gasteiger partial charge < -0.3 is 10.3 Å². The van der Waals surface area contributed by atoms with Crippen LogP contribution in [0.4, 0.5) is 0 Å². The van der Waals surface area contributed by atoms with Crippen molar-refractivity contribution in [1.29, 1.82) is 0 Å². The second-order valence-corrected chi connectivity index (χ2v) is 6.21. The molecule has 0 aliphatic carbocycles. The number of hydrogen-bond donors (Lipinski definition) is 2. The number of H-pyrrole nitrogens is 1. The predicted molar refractivity (Wildman–Crippen MR) is 81.5 cm³/mol. The summed E-state index contributed by atoms with van der Waals surface area (Å²) in [6, 6.07) is 0. The van der Waals surface area contributed by atoms with Gasteiger partial charge in [0, 0.05) is 23.3 Å². The van der Waals surface area contributed by atoms with Gasteiger partial charge in [0.1, 0.15) is 5.82 Å². The van der Waals surface area contributed by atoms with Gasteiger partial charge in [-0.1, -0.05) is 0 Å². The van der Waals surface area contributed by atoms with Crippen LogP contribution in [-0.2, 0) is 13.1 Å². The number of aryl methyl sites for hydroxylation is 2. The molecule has 2 heterocycles. The van der Waals surface area contributed by atoms with Crippen LogP contribution in [0.25, 0.3) is 11.3 Å². The Bertz CT molecular complexity index is 586. The zero-order valence-electron chi connectivity index (χ0n) is 13.3. The molecule has 0 aromatic carbocycles. The number of aromatic nitrogens is 4. The molecule has 0 atom stereocenters. The third-order valence-corrected chi connectivity index (χ3v) is 3.36. The Kier molecular flexibility index (Phi) is 3.99. The molecule has 20 heavy (non-hydrogen) atoms. The average molecular weight is 275 g/mol. The molecule has 0 aliphatic heterocycles. The van der Waals surface area contributed by atoms with Gasteiger partial charge in [0.05, 0.1) is 24.1 Å². The van der Waals surface area contributed by atoms with Crippen LogP contribution < -0.4 is 5.32 Å². The maximum Gasteiger partial charge on any atom is 0.120 e. The summed E-state index contributed by atoms with van der Waals surface area (Å²) in [6.07, 6.45) is 1.90. The number of aromatic amines is 1. The van der Waals surface area contributed by atoms with Crippen LogP contribution in [0.1, 0.15) is 44.9 Å². The van der Waals surface area contributed by atoms with Crippen molar-refractivity contribution >= 4 is 0 Å². The van der Waals surface area contributed by atoms with Gasteiger partial charge >= 0.3 is 0 Å². The van der Waals surface area contributed by atoms with Crippen molar-refractivity contribution in [2.45, 2.75) is 60.2 Å². The summed E-state index contributed by atoms with van der Waals surface area (Å²) in [5.41, 5.74) is 4.53. The van der Waals surface area contributed by atoms with E-state index >= 15 is 0 Å². The molecule has 5 nitrogen and oxygen atoms in total. The third-order valence-electron chi connectivity index (χ3n) is 3.36. The highest BCUT2D eigenvalue weighted by atomic mass is 15.3. The highest BCUT2D eigenvalue weighted by Gasteiger charge is 2.15. The van der Waals surface area contributed by atoms with E-state index in [1.54, 1.807) is 0 Å². The third kappa shape index (κ3) is 3.10. The maximum absolute atomic E-state index is 4.55. The average Bonchev–Trinajstić information content (AvgIpc) is 2.91. The lowest BCUT2D eigenvalue weighted by atomic mass is 10.1. The van der Waals surface area contributed by atoms with Crippen LogP contribution in [0.2, 0.25) is 0 Å². The van der Waals surface area contributed by atoms with Crippen molar-refractivity contribution in [3.63, 3.8) is 0 Å². The molecular weight excluding hydrogens is 250 g/mol. The first-order valence-electron chi connectivity index (χ1n) is 7.15. The molecule has 2 rings (SSSR count). The minimum atomic E-state index is 0.0892. The van der Waals surface area contributed by atoms with E-state index in [2.05, 4.69) is 55.0 Å². The fourth-order valence-corrected chi connectivity index (χ4v) is 2.32. The Balaban J connectivity index is 2.23. The number of nitrogens with zero attached hydrogens (tertiary/aromatic N) is 3. The standard InChI is InChI=1S/C15H25N5/c1-7-20-11(3)14(10(2)19-20)12-8-16-13(18-12)9-17-15(4,5)6/h8,17H,7,9H2,1-6H3,(H,16,18). The molecule has 0 bridgehead atoms. The van der Waals surface area contributed by atoms with E-state index in [0.717, 1.165) is 30.3 Å². The van der Waals surface area contributed by atoms with Crippen LogP contribution in [-0.4, -0.2) is 25.3 Å².